The average molecular weight is 1360 g/mol. The van der Waals surface area contributed by atoms with Crippen LogP contribution in [-0.4, -0.2) is 170 Å². The van der Waals surface area contributed by atoms with Gasteiger partial charge in [0.1, 0.15) is 54.4 Å². The second-order valence-corrected chi connectivity index (χ2v) is 26.8. The van der Waals surface area contributed by atoms with Crippen molar-refractivity contribution in [2.45, 2.75) is 184 Å². The number of nitrogens with two attached hydrogens (primary N) is 3. The summed E-state index contributed by atoms with van der Waals surface area (Å²) in [5.41, 5.74) is 21.7. The summed E-state index contributed by atoms with van der Waals surface area (Å²) in [5, 5.41) is 31.3. The van der Waals surface area contributed by atoms with Gasteiger partial charge in [0.15, 0.2) is 0 Å². The van der Waals surface area contributed by atoms with E-state index in [0.717, 1.165) is 10.9 Å². The quantitative estimate of drug-likeness (QED) is 0.0251. The molecule has 0 spiro atoms. The molecule has 530 valence electrons. The summed E-state index contributed by atoms with van der Waals surface area (Å²) in [7, 11) is 0. The fourth-order valence-corrected chi connectivity index (χ4v) is 13.1. The van der Waals surface area contributed by atoms with Crippen LogP contribution in [0.5, 0.6) is 0 Å². The van der Waals surface area contributed by atoms with Crippen molar-refractivity contribution < 1.29 is 57.8 Å². The number of carbonyl (C=O) groups is 11. The van der Waals surface area contributed by atoms with Crippen LogP contribution in [0.25, 0.3) is 21.8 Å². The van der Waals surface area contributed by atoms with E-state index in [1.54, 1.807) is 79.1 Å². The Morgan fingerprint density at radius 2 is 0.909 bits per heavy atom. The van der Waals surface area contributed by atoms with Gasteiger partial charge in [-0.1, -0.05) is 125 Å². The average Bonchev–Trinajstić information content (AvgIpc) is 1.74. The van der Waals surface area contributed by atoms with Crippen molar-refractivity contribution in [2.75, 3.05) is 19.6 Å². The fourth-order valence-electron chi connectivity index (χ4n) is 13.1. The summed E-state index contributed by atoms with van der Waals surface area (Å²) in [6, 6.07) is 19.7. The lowest BCUT2D eigenvalue weighted by Crippen LogP contribution is -2.61. The molecule has 10 amide bonds. The molecule has 0 unspecified atom stereocenters. The molecule has 99 heavy (non-hydrogen) atoms. The second-order valence-electron chi connectivity index (χ2n) is 26.8. The highest BCUT2D eigenvalue weighted by atomic mass is 16.4. The first-order valence-corrected chi connectivity index (χ1v) is 34.4. The Hall–Kier alpha value is -9.95. The maximum atomic E-state index is 15.4. The summed E-state index contributed by atoms with van der Waals surface area (Å²) >= 11 is 0. The van der Waals surface area contributed by atoms with Crippen LogP contribution >= 0.6 is 0 Å². The molecule has 10 atom stereocenters. The molecule has 2 aliphatic heterocycles. The largest absolute Gasteiger partial charge is 0.480 e. The molecule has 0 bridgehead atoms. The van der Waals surface area contributed by atoms with Crippen molar-refractivity contribution in [3.63, 3.8) is 0 Å². The number of carboxylic acids is 1. The van der Waals surface area contributed by atoms with Crippen molar-refractivity contribution in [1.29, 1.82) is 0 Å². The monoisotopic (exact) mass is 1360 g/mol. The van der Waals surface area contributed by atoms with Crippen molar-refractivity contribution in [2.24, 2.45) is 29.0 Å². The van der Waals surface area contributed by atoms with Crippen LogP contribution in [0.4, 0.5) is 0 Å². The van der Waals surface area contributed by atoms with Gasteiger partial charge in [-0.3, -0.25) is 47.9 Å². The molecular weight excluding hydrogens is 1260 g/mol. The van der Waals surface area contributed by atoms with Crippen LogP contribution < -0.4 is 54.4 Å². The number of nitrogens with one attached hydrogen (secondary N) is 9. The Balaban J connectivity index is 1.08. The number of carboxylic acid groups (broad SMARTS) is 1. The third-order valence-corrected chi connectivity index (χ3v) is 18.2. The first-order chi connectivity index (χ1) is 47.5. The molecule has 0 radical (unpaired) electrons. The number of likely N-dealkylation sites (tertiary alicyclic amines) is 2. The maximum Gasteiger partial charge on any atom is 0.326 e. The lowest BCUT2D eigenvalue weighted by Gasteiger charge is -2.32. The number of H-pyrrole nitrogens is 2. The van der Waals surface area contributed by atoms with Crippen LogP contribution in [0.15, 0.2) is 122 Å². The Labute approximate surface area is 576 Å². The number of rotatable bonds is 36. The predicted molar refractivity (Wildman–Crippen MR) is 373 cm³/mol. The minimum absolute atomic E-state index is 0.0715. The third kappa shape index (κ3) is 21.0. The van der Waals surface area contributed by atoms with E-state index in [1.165, 1.54) is 9.80 Å². The molecule has 6 aromatic rings. The van der Waals surface area contributed by atoms with Gasteiger partial charge in [0.25, 0.3) is 0 Å². The van der Waals surface area contributed by atoms with Gasteiger partial charge in [0.2, 0.25) is 59.1 Å². The zero-order chi connectivity index (χ0) is 71.3. The van der Waals surface area contributed by atoms with Crippen molar-refractivity contribution in [3.8, 4) is 0 Å². The van der Waals surface area contributed by atoms with E-state index in [9.17, 15) is 33.9 Å². The number of para-hydroxylation sites is 2. The standard InChI is InChI=1S/C73H96N14O12/c1-43(2)35-51(75)64(89)81-56(36-44(3)4)66(91)83-59(40-48-42-78-53-26-14-12-24-50(48)53)69(94)82-57(37-45-19-7-5-8-20-45)67(92)84-58(39-47-41-77-52-25-13-11-23-49(47)52)68(93)79-54(30-31-63(76)88)65(90)85-60(38-46-21-9-6-10-22-46)72(97)86-33-17-28-61(86)70(95)80-55(27-15-16-32-74)71(96)87-34-18-29-62(87)73(98)99/h5-14,19-26,41-44,51,54-62,77-78H,15-18,27-40,74-75H2,1-4H3,(H2,76,88)(H,79,93)(H,80,95)(H,81,89)(H,82,94)(H,83,91)(H,84,92)(H,85,90)(H,98,99)/t51-,54-,55-,56-,57-,58+,59+,60+,61-,62-/m0/s1. The minimum atomic E-state index is -1.58. The van der Waals surface area contributed by atoms with E-state index in [-0.39, 0.29) is 82.7 Å². The van der Waals surface area contributed by atoms with E-state index in [4.69, 9.17) is 17.2 Å². The summed E-state index contributed by atoms with van der Waals surface area (Å²) in [4.78, 5) is 166. The van der Waals surface area contributed by atoms with Gasteiger partial charge in [0, 0.05) is 79.4 Å². The van der Waals surface area contributed by atoms with Gasteiger partial charge in [-0.05, 0) is 117 Å². The number of fused-ring (bicyclic) bond motifs is 2. The molecule has 16 N–H and O–H groups in total. The number of benzene rings is 4. The number of aromatic amines is 2. The second kappa shape index (κ2) is 36.0. The normalized spacial score (nSPS) is 17.0. The van der Waals surface area contributed by atoms with Crippen LogP contribution in [0.2, 0.25) is 0 Å². The number of unbranched alkanes of at least 4 members (excludes halogenated alkanes) is 1. The van der Waals surface area contributed by atoms with Gasteiger partial charge in [0.05, 0.1) is 6.04 Å². The molecule has 4 heterocycles. The minimum Gasteiger partial charge on any atom is -0.480 e. The topological polar surface area (TPSA) is 408 Å². The molecular formula is C73H96N14O12. The molecule has 26 nitrogen and oxygen atoms in total. The first-order valence-electron chi connectivity index (χ1n) is 34.4. The molecule has 8 rings (SSSR count). The number of aromatic nitrogens is 2. The van der Waals surface area contributed by atoms with E-state index < -0.39 is 132 Å². The lowest BCUT2D eigenvalue weighted by atomic mass is 9.98. The van der Waals surface area contributed by atoms with Crippen molar-refractivity contribution in [1.82, 2.24) is 57.0 Å². The number of aliphatic carboxylic acids is 1. The molecule has 26 heteroatoms. The molecule has 4 aromatic carbocycles. The molecule has 2 aromatic heterocycles. The van der Waals surface area contributed by atoms with Crippen LogP contribution in [0.1, 0.15) is 121 Å². The van der Waals surface area contributed by atoms with Crippen LogP contribution in [0, 0.1) is 11.8 Å². The number of nitrogens with zero attached hydrogens (tertiary/aromatic N) is 2. The SMILES string of the molecule is CC(C)C[C@H](NC(=O)[C@@H](N)CC(C)C)C(=O)N[C@H](Cc1c[nH]c2ccccc12)C(=O)N[C@@H](Cc1ccccc1)C(=O)N[C@H](Cc1c[nH]c2ccccc12)C(=O)N[C@@H](CCC(N)=O)C(=O)N[C@H](Cc1ccccc1)C(=O)N1CCC[C@H]1C(=O)N[C@@H](CCCCN)C(=O)N1CCC[C@H]1C(=O)O. The molecule has 2 aliphatic rings. The van der Waals surface area contributed by atoms with Gasteiger partial charge >= 0.3 is 5.97 Å². The highest BCUT2D eigenvalue weighted by Gasteiger charge is 2.43. The third-order valence-electron chi connectivity index (χ3n) is 18.2. The summed E-state index contributed by atoms with van der Waals surface area (Å²) in [6.07, 6.45) is 5.15. The van der Waals surface area contributed by atoms with Crippen LogP contribution in [-0.2, 0) is 78.4 Å². The van der Waals surface area contributed by atoms with Gasteiger partial charge in [-0.25, -0.2) is 4.79 Å². The molecule has 0 aliphatic carbocycles. The van der Waals surface area contributed by atoms with Crippen molar-refractivity contribution >= 4 is 86.8 Å². The Morgan fingerprint density at radius 3 is 1.41 bits per heavy atom. The van der Waals surface area contributed by atoms with Gasteiger partial charge < -0.3 is 79.3 Å². The van der Waals surface area contributed by atoms with E-state index in [2.05, 4.69) is 47.2 Å². The highest BCUT2D eigenvalue weighted by Crippen LogP contribution is 2.26. The van der Waals surface area contributed by atoms with E-state index in [0.29, 0.717) is 71.8 Å². The number of hydrogen-bond acceptors (Lipinski definition) is 13. The summed E-state index contributed by atoms with van der Waals surface area (Å²) < 4.78 is 0. The number of hydrogen-bond donors (Lipinski definition) is 13. The van der Waals surface area contributed by atoms with Crippen LogP contribution in [0.3, 0.4) is 0 Å². The van der Waals surface area contributed by atoms with E-state index >= 15 is 24.0 Å². The zero-order valence-corrected chi connectivity index (χ0v) is 56.8. The Morgan fingerprint density at radius 1 is 0.485 bits per heavy atom. The number of amides is 10. The van der Waals surface area contributed by atoms with Crippen molar-refractivity contribution in [3.05, 3.63) is 144 Å². The summed E-state index contributed by atoms with van der Waals surface area (Å²) in [5.74, 6) is -8.44. The Bertz CT molecular complexity index is 3780. The van der Waals surface area contributed by atoms with Gasteiger partial charge in [-0.2, -0.15) is 0 Å². The fraction of sp³-hybridized carbons (Fsp3) is 0.466. The first kappa shape index (κ1) is 74.8. The molecule has 2 saturated heterocycles. The number of primary amides is 1. The summed E-state index contributed by atoms with van der Waals surface area (Å²) in [6.45, 7) is 8.24. The van der Waals surface area contributed by atoms with E-state index in [1.807, 2.05) is 70.2 Å². The number of carbonyl (C=O) groups excluding carboxylic acids is 10. The lowest BCUT2D eigenvalue weighted by molar-refractivity contribution is -0.150. The van der Waals surface area contributed by atoms with Gasteiger partial charge in [-0.15, -0.1) is 0 Å². The maximum absolute atomic E-state index is 15.4. The predicted octanol–water partition coefficient (Wildman–Crippen LogP) is 3.19. The highest BCUT2D eigenvalue weighted by molar-refractivity contribution is 6.00. The smallest absolute Gasteiger partial charge is 0.326 e. The molecule has 2 fully saturated rings. The zero-order valence-electron chi connectivity index (χ0n) is 56.8. The Kier molecular flexibility index (Phi) is 27.2. The molecule has 0 saturated carbocycles.